The number of nitrogens with zero attached hydrogens (tertiary/aromatic N) is 1. The minimum absolute atomic E-state index is 0.0175. The van der Waals surface area contributed by atoms with Gasteiger partial charge in [0.05, 0.1) is 0 Å². The first-order valence-corrected chi connectivity index (χ1v) is 10.0. The minimum Gasteiger partial charge on any atom is -0.347 e. The number of hydrogen-bond donors (Lipinski definition) is 0. The first-order chi connectivity index (χ1) is 12.9. The van der Waals surface area contributed by atoms with Crippen molar-refractivity contribution in [2.45, 2.75) is 31.1 Å². The standard InChI is InChI=1S/C25H27NS/c1-19-13-9-12-17-23(19)27-20(2)14-7-6-8-18-24-25(3,4)21-15-10-11-16-22(21)26(24)5/h6-18H,2H2,1,3-5H3/b8-6+,14-7+,24-18+. The molecule has 0 radical (unpaired) electrons. The van der Waals surface area contributed by atoms with E-state index in [1.165, 1.54) is 27.4 Å². The van der Waals surface area contributed by atoms with E-state index >= 15 is 0 Å². The average molecular weight is 374 g/mol. The number of aryl methyl sites for hydroxylation is 1. The summed E-state index contributed by atoms with van der Waals surface area (Å²) in [5.74, 6) is 0. The van der Waals surface area contributed by atoms with Crippen LogP contribution in [0.2, 0.25) is 0 Å². The Morgan fingerprint density at radius 1 is 1.00 bits per heavy atom. The van der Waals surface area contributed by atoms with E-state index in [2.05, 4.69) is 118 Å². The van der Waals surface area contributed by atoms with Gasteiger partial charge in [-0.3, -0.25) is 0 Å². The van der Waals surface area contributed by atoms with Crippen LogP contribution in [0.1, 0.15) is 25.0 Å². The zero-order valence-electron chi connectivity index (χ0n) is 16.6. The Morgan fingerprint density at radius 2 is 1.70 bits per heavy atom. The molecule has 0 spiro atoms. The summed E-state index contributed by atoms with van der Waals surface area (Å²) < 4.78 is 0. The molecule has 2 aromatic rings. The van der Waals surface area contributed by atoms with Crippen LogP contribution in [0.3, 0.4) is 0 Å². The van der Waals surface area contributed by atoms with Crippen LogP contribution >= 0.6 is 11.8 Å². The van der Waals surface area contributed by atoms with Crippen molar-refractivity contribution in [2.24, 2.45) is 0 Å². The summed E-state index contributed by atoms with van der Waals surface area (Å²) in [6.07, 6.45) is 10.5. The van der Waals surface area contributed by atoms with Crippen LogP contribution in [0.4, 0.5) is 5.69 Å². The van der Waals surface area contributed by atoms with E-state index in [4.69, 9.17) is 0 Å². The number of para-hydroxylation sites is 1. The molecule has 0 bridgehead atoms. The molecule has 0 aliphatic carbocycles. The lowest BCUT2D eigenvalue weighted by Crippen LogP contribution is -2.22. The van der Waals surface area contributed by atoms with Gasteiger partial charge >= 0.3 is 0 Å². The van der Waals surface area contributed by atoms with Gasteiger partial charge in [-0.05, 0) is 42.3 Å². The van der Waals surface area contributed by atoms with Crippen LogP contribution in [0.5, 0.6) is 0 Å². The molecule has 1 heterocycles. The molecule has 1 aliphatic rings. The van der Waals surface area contributed by atoms with Gasteiger partial charge in [0.25, 0.3) is 0 Å². The first-order valence-electron chi connectivity index (χ1n) is 9.22. The highest BCUT2D eigenvalue weighted by molar-refractivity contribution is 8.03. The molecule has 1 aliphatic heterocycles. The quantitative estimate of drug-likeness (QED) is 0.409. The van der Waals surface area contributed by atoms with Crippen molar-refractivity contribution in [2.75, 3.05) is 11.9 Å². The molecule has 0 saturated heterocycles. The number of rotatable bonds is 5. The van der Waals surface area contributed by atoms with Crippen molar-refractivity contribution in [1.29, 1.82) is 0 Å². The molecule has 0 aromatic heterocycles. The lowest BCUT2D eigenvalue weighted by atomic mass is 9.84. The van der Waals surface area contributed by atoms with Gasteiger partial charge in [0.2, 0.25) is 0 Å². The highest BCUT2D eigenvalue weighted by Gasteiger charge is 2.37. The van der Waals surface area contributed by atoms with Crippen LogP contribution < -0.4 is 4.90 Å². The summed E-state index contributed by atoms with van der Waals surface area (Å²) >= 11 is 1.71. The Morgan fingerprint density at radius 3 is 2.44 bits per heavy atom. The third-order valence-electron chi connectivity index (χ3n) is 5.03. The summed E-state index contributed by atoms with van der Waals surface area (Å²) in [5.41, 5.74) is 5.28. The summed E-state index contributed by atoms with van der Waals surface area (Å²) in [5, 5.41) is 0. The van der Waals surface area contributed by atoms with Gasteiger partial charge in [-0.25, -0.2) is 0 Å². The summed E-state index contributed by atoms with van der Waals surface area (Å²) in [6.45, 7) is 10.8. The third kappa shape index (κ3) is 4.12. The lowest BCUT2D eigenvalue weighted by molar-refractivity contribution is 0.640. The number of anilines is 1. The normalized spacial score (nSPS) is 17.2. The van der Waals surface area contributed by atoms with Crippen molar-refractivity contribution in [3.8, 4) is 0 Å². The fourth-order valence-corrected chi connectivity index (χ4v) is 4.33. The van der Waals surface area contributed by atoms with E-state index in [1.807, 2.05) is 0 Å². The molecule has 0 saturated carbocycles. The van der Waals surface area contributed by atoms with Crippen LogP contribution in [0, 0.1) is 6.92 Å². The number of benzene rings is 2. The van der Waals surface area contributed by atoms with E-state index in [0.717, 1.165) is 4.91 Å². The molecule has 2 heteroatoms. The summed E-state index contributed by atoms with van der Waals surface area (Å²) in [4.78, 5) is 4.58. The van der Waals surface area contributed by atoms with Gasteiger partial charge in [0, 0.05) is 33.6 Å². The molecule has 0 amide bonds. The zero-order chi connectivity index (χ0) is 19.4. The SMILES string of the molecule is C=C(/C=C/C=C/C=C1/N(C)c2ccccc2C1(C)C)Sc1ccccc1C. The molecule has 0 unspecified atom stereocenters. The average Bonchev–Trinajstić information content (AvgIpc) is 2.84. The molecule has 3 rings (SSSR count). The maximum Gasteiger partial charge on any atom is 0.0447 e. The van der Waals surface area contributed by atoms with Crippen molar-refractivity contribution in [1.82, 2.24) is 0 Å². The third-order valence-corrected chi connectivity index (χ3v) is 6.11. The van der Waals surface area contributed by atoms with Gasteiger partial charge in [-0.15, -0.1) is 0 Å². The molecule has 1 nitrogen and oxygen atoms in total. The van der Waals surface area contributed by atoms with Crippen LogP contribution in [0.15, 0.2) is 101 Å². The number of likely N-dealkylation sites (N-methyl/N-ethyl adjacent to an activating group) is 1. The highest BCUT2D eigenvalue weighted by atomic mass is 32.2. The first kappa shape index (κ1) is 19.3. The molecule has 27 heavy (non-hydrogen) atoms. The van der Waals surface area contributed by atoms with Gasteiger partial charge in [-0.2, -0.15) is 0 Å². The molecule has 0 atom stereocenters. The fraction of sp³-hybridized carbons (Fsp3) is 0.200. The largest absolute Gasteiger partial charge is 0.347 e. The van der Waals surface area contributed by atoms with E-state index in [0.29, 0.717) is 0 Å². The van der Waals surface area contributed by atoms with Crippen LogP contribution in [0.25, 0.3) is 0 Å². The van der Waals surface area contributed by atoms with Crippen molar-refractivity contribution in [3.05, 3.63) is 107 Å². The van der Waals surface area contributed by atoms with Gasteiger partial charge in [0.15, 0.2) is 0 Å². The Labute approximate surface area is 167 Å². The molecule has 0 fully saturated rings. The van der Waals surface area contributed by atoms with Gasteiger partial charge in [0.1, 0.15) is 0 Å². The molecule has 138 valence electrons. The molecule has 0 N–H and O–H groups in total. The van der Waals surface area contributed by atoms with Crippen molar-refractivity contribution < 1.29 is 0 Å². The fourth-order valence-electron chi connectivity index (χ4n) is 3.52. The van der Waals surface area contributed by atoms with Crippen molar-refractivity contribution >= 4 is 17.4 Å². The lowest BCUT2D eigenvalue weighted by Gasteiger charge is -2.23. The Bertz CT molecular complexity index is 931. The summed E-state index contributed by atoms with van der Waals surface area (Å²) in [7, 11) is 2.14. The second kappa shape index (κ2) is 8.06. The summed E-state index contributed by atoms with van der Waals surface area (Å²) in [6, 6.07) is 17.0. The molecular weight excluding hydrogens is 346 g/mol. The predicted octanol–water partition coefficient (Wildman–Crippen LogP) is 7.02. The van der Waals surface area contributed by atoms with E-state index < -0.39 is 0 Å². The monoisotopic (exact) mass is 373 g/mol. The van der Waals surface area contributed by atoms with Crippen LogP contribution in [-0.4, -0.2) is 7.05 Å². The van der Waals surface area contributed by atoms with Gasteiger partial charge < -0.3 is 4.90 Å². The number of allylic oxidation sites excluding steroid dienone is 6. The smallest absolute Gasteiger partial charge is 0.0447 e. The Kier molecular flexibility index (Phi) is 5.76. The second-order valence-electron chi connectivity index (χ2n) is 7.33. The second-order valence-corrected chi connectivity index (χ2v) is 8.50. The number of thioether (sulfide) groups is 1. The van der Waals surface area contributed by atoms with Crippen molar-refractivity contribution in [3.63, 3.8) is 0 Å². The van der Waals surface area contributed by atoms with Crippen LogP contribution in [-0.2, 0) is 5.41 Å². The van der Waals surface area contributed by atoms with Gasteiger partial charge in [-0.1, -0.05) is 86.8 Å². The Balaban J connectivity index is 1.66. The minimum atomic E-state index is 0.0175. The van der Waals surface area contributed by atoms with E-state index in [1.54, 1.807) is 11.8 Å². The Hall–Kier alpha value is -2.45. The predicted molar refractivity (Wildman–Crippen MR) is 120 cm³/mol. The maximum atomic E-state index is 4.15. The van der Waals surface area contributed by atoms with E-state index in [9.17, 15) is 0 Å². The number of fused-ring (bicyclic) bond motifs is 1. The zero-order valence-corrected chi connectivity index (χ0v) is 17.4. The topological polar surface area (TPSA) is 3.24 Å². The maximum absolute atomic E-state index is 4.15. The molecule has 2 aromatic carbocycles. The number of hydrogen-bond acceptors (Lipinski definition) is 2. The molecular formula is C25H27NS. The van der Waals surface area contributed by atoms with E-state index in [-0.39, 0.29) is 5.41 Å². The highest BCUT2D eigenvalue weighted by Crippen LogP contribution is 2.46.